The van der Waals surface area contributed by atoms with Crippen molar-refractivity contribution in [2.24, 2.45) is 0 Å². The van der Waals surface area contributed by atoms with Crippen molar-refractivity contribution in [1.29, 1.82) is 0 Å². The summed E-state index contributed by atoms with van der Waals surface area (Å²) in [5.41, 5.74) is 2.35. The number of amides is 2. The number of hydrogen-bond donors (Lipinski definition) is 1. The first-order valence-corrected chi connectivity index (χ1v) is 10.0. The van der Waals surface area contributed by atoms with E-state index in [0.29, 0.717) is 27.6 Å². The quantitative estimate of drug-likeness (QED) is 0.608. The number of halogens is 2. The monoisotopic (exact) mass is 446 g/mol. The lowest BCUT2D eigenvalue weighted by atomic mass is 10.1. The minimum Gasteiger partial charge on any atom is -0.435 e. The number of carbonyl (C=O) groups excluding carboxylic acids is 2. The van der Waals surface area contributed by atoms with Gasteiger partial charge in [-0.25, -0.2) is 9.97 Å². The number of nitrogens with zero attached hydrogens (tertiary/aromatic N) is 3. The number of carbonyl (C=O) groups is 2. The van der Waals surface area contributed by atoms with Crippen molar-refractivity contribution in [2.45, 2.75) is 20.5 Å². The highest BCUT2D eigenvalue weighted by atomic mass is 32.1. The second kappa shape index (κ2) is 9.17. The van der Waals surface area contributed by atoms with Crippen molar-refractivity contribution in [2.75, 3.05) is 19.4 Å². The summed E-state index contributed by atoms with van der Waals surface area (Å²) in [6, 6.07) is 9.18. The molecule has 0 aliphatic heterocycles. The number of pyridine rings is 1. The maximum Gasteiger partial charge on any atom is 0.387 e. The van der Waals surface area contributed by atoms with Gasteiger partial charge >= 0.3 is 6.61 Å². The molecule has 2 amide bonds. The number of alkyl halides is 2. The van der Waals surface area contributed by atoms with Crippen LogP contribution in [0.3, 0.4) is 0 Å². The predicted octanol–water partition coefficient (Wildman–Crippen LogP) is 4.38. The van der Waals surface area contributed by atoms with Crippen LogP contribution in [0, 0.1) is 13.8 Å². The largest absolute Gasteiger partial charge is 0.435 e. The molecule has 0 saturated carbocycles. The third-order valence-electron chi connectivity index (χ3n) is 4.33. The van der Waals surface area contributed by atoms with Gasteiger partial charge in [0.1, 0.15) is 11.4 Å². The van der Waals surface area contributed by atoms with Crippen molar-refractivity contribution in [1.82, 2.24) is 14.9 Å². The normalized spacial score (nSPS) is 10.8. The van der Waals surface area contributed by atoms with E-state index in [1.807, 2.05) is 6.92 Å². The first-order chi connectivity index (χ1) is 14.7. The first-order valence-electron chi connectivity index (χ1n) is 9.19. The molecular weight excluding hydrogens is 426 g/mol. The highest BCUT2D eigenvalue weighted by molar-refractivity contribution is 7.16. The smallest absolute Gasteiger partial charge is 0.387 e. The highest BCUT2D eigenvalue weighted by Gasteiger charge is 2.18. The van der Waals surface area contributed by atoms with Gasteiger partial charge in [-0.3, -0.25) is 14.9 Å². The van der Waals surface area contributed by atoms with Crippen LogP contribution in [0.15, 0.2) is 36.4 Å². The van der Waals surface area contributed by atoms with E-state index < -0.39 is 12.5 Å². The van der Waals surface area contributed by atoms with E-state index >= 15 is 0 Å². The lowest BCUT2D eigenvalue weighted by molar-refractivity contribution is -0.0498. The summed E-state index contributed by atoms with van der Waals surface area (Å²) in [7, 11) is 3.25. The fourth-order valence-corrected chi connectivity index (χ4v) is 3.66. The molecule has 0 fully saturated rings. The number of aromatic nitrogens is 2. The van der Waals surface area contributed by atoms with Crippen molar-refractivity contribution in [3.8, 4) is 17.0 Å². The average Bonchev–Trinajstić information content (AvgIpc) is 3.07. The molecule has 0 atom stereocenters. The zero-order chi connectivity index (χ0) is 22.7. The van der Waals surface area contributed by atoms with Crippen LogP contribution in [-0.2, 0) is 0 Å². The SMILES string of the molecule is Cc1nc(C(=O)N(C)C)ccc1C(=O)Nc1nc(-c2ccc(OC(F)F)cc2)c(C)s1. The molecule has 1 aromatic carbocycles. The molecule has 3 rings (SSSR count). The number of hydrogen-bond acceptors (Lipinski definition) is 6. The molecule has 2 aromatic heterocycles. The maximum atomic E-state index is 12.7. The Labute approximate surface area is 181 Å². The van der Waals surface area contributed by atoms with Crippen LogP contribution in [0.2, 0.25) is 0 Å². The molecule has 1 N–H and O–H groups in total. The Morgan fingerprint density at radius 2 is 1.74 bits per heavy atom. The van der Waals surface area contributed by atoms with Crippen LogP contribution in [0.25, 0.3) is 11.3 Å². The summed E-state index contributed by atoms with van der Waals surface area (Å²) in [5, 5.41) is 3.14. The summed E-state index contributed by atoms with van der Waals surface area (Å²) >= 11 is 1.29. The van der Waals surface area contributed by atoms with E-state index in [0.717, 1.165) is 4.88 Å². The van der Waals surface area contributed by atoms with Gasteiger partial charge in [-0.2, -0.15) is 8.78 Å². The lowest BCUT2D eigenvalue weighted by Gasteiger charge is -2.11. The summed E-state index contributed by atoms with van der Waals surface area (Å²) in [6.07, 6.45) is 0. The molecule has 162 valence electrons. The molecule has 3 aromatic rings. The van der Waals surface area contributed by atoms with E-state index in [9.17, 15) is 18.4 Å². The number of benzene rings is 1. The molecule has 0 aliphatic rings. The number of rotatable bonds is 6. The van der Waals surface area contributed by atoms with Gasteiger partial charge in [-0.05, 0) is 50.2 Å². The van der Waals surface area contributed by atoms with Gasteiger partial charge < -0.3 is 9.64 Å². The third-order valence-corrected chi connectivity index (χ3v) is 5.21. The van der Waals surface area contributed by atoms with Crippen LogP contribution >= 0.6 is 11.3 Å². The van der Waals surface area contributed by atoms with Gasteiger partial charge in [0.25, 0.3) is 11.8 Å². The van der Waals surface area contributed by atoms with Gasteiger partial charge in [0.2, 0.25) is 0 Å². The fraction of sp³-hybridized carbons (Fsp3) is 0.238. The molecular formula is C21H20F2N4O3S. The number of ether oxygens (including phenoxy) is 1. The van der Waals surface area contributed by atoms with Crippen LogP contribution in [-0.4, -0.2) is 47.4 Å². The van der Waals surface area contributed by atoms with Crippen LogP contribution in [0.5, 0.6) is 5.75 Å². The number of anilines is 1. The summed E-state index contributed by atoms with van der Waals surface area (Å²) in [4.78, 5) is 35.6. The van der Waals surface area contributed by atoms with Crippen LogP contribution in [0.4, 0.5) is 13.9 Å². The van der Waals surface area contributed by atoms with E-state index in [-0.39, 0.29) is 17.4 Å². The van der Waals surface area contributed by atoms with Gasteiger partial charge in [0, 0.05) is 24.5 Å². The molecule has 0 bridgehead atoms. The number of thiazole rings is 1. The highest BCUT2D eigenvalue weighted by Crippen LogP contribution is 2.32. The zero-order valence-corrected chi connectivity index (χ0v) is 18.1. The topological polar surface area (TPSA) is 84.4 Å². The van der Waals surface area contributed by atoms with Gasteiger partial charge in [-0.1, -0.05) is 0 Å². The van der Waals surface area contributed by atoms with Gasteiger partial charge in [0.05, 0.1) is 17.0 Å². The second-order valence-electron chi connectivity index (χ2n) is 6.81. The molecule has 7 nitrogen and oxygen atoms in total. The summed E-state index contributed by atoms with van der Waals surface area (Å²) in [6.45, 7) is 0.616. The van der Waals surface area contributed by atoms with Gasteiger partial charge in [0.15, 0.2) is 5.13 Å². The average molecular weight is 446 g/mol. The second-order valence-corrected chi connectivity index (χ2v) is 8.01. The third kappa shape index (κ3) is 5.21. The van der Waals surface area contributed by atoms with Gasteiger partial charge in [-0.15, -0.1) is 11.3 Å². The van der Waals surface area contributed by atoms with Crippen molar-refractivity contribution in [3.05, 3.63) is 58.2 Å². The van der Waals surface area contributed by atoms with Crippen molar-refractivity contribution < 1.29 is 23.1 Å². The Balaban J connectivity index is 1.77. The molecule has 0 spiro atoms. The molecule has 0 saturated heterocycles. The first kappa shape index (κ1) is 22.3. The van der Waals surface area contributed by atoms with Crippen molar-refractivity contribution in [3.63, 3.8) is 0 Å². The maximum absolute atomic E-state index is 12.7. The zero-order valence-electron chi connectivity index (χ0n) is 17.3. The van der Waals surface area contributed by atoms with E-state index in [1.54, 1.807) is 39.2 Å². The van der Waals surface area contributed by atoms with Crippen molar-refractivity contribution >= 4 is 28.3 Å². The summed E-state index contributed by atoms with van der Waals surface area (Å²) in [5.74, 6) is -0.589. The van der Waals surface area contributed by atoms with E-state index in [2.05, 4.69) is 20.0 Å². The summed E-state index contributed by atoms with van der Waals surface area (Å²) < 4.78 is 29.0. The minimum absolute atomic E-state index is 0.0549. The Bertz CT molecular complexity index is 1110. The Hall–Kier alpha value is -3.40. The Kier molecular flexibility index (Phi) is 6.59. The molecule has 2 heterocycles. The molecule has 0 unspecified atom stereocenters. The Morgan fingerprint density at radius 1 is 1.06 bits per heavy atom. The number of nitrogens with one attached hydrogen (secondary N) is 1. The van der Waals surface area contributed by atoms with E-state index in [1.165, 1.54) is 34.4 Å². The molecule has 31 heavy (non-hydrogen) atoms. The molecule has 10 heteroatoms. The standard InChI is InChI=1S/C21H20F2N4O3S/c1-11-15(9-10-16(24-11)19(29)27(3)4)18(28)26-21-25-17(12(2)31-21)13-5-7-14(8-6-13)30-20(22)23/h5-10,20H,1-4H3,(H,25,26,28). The molecule has 0 aliphatic carbocycles. The van der Waals surface area contributed by atoms with Crippen LogP contribution in [0.1, 0.15) is 31.4 Å². The van der Waals surface area contributed by atoms with E-state index in [4.69, 9.17) is 0 Å². The Morgan fingerprint density at radius 3 is 2.32 bits per heavy atom. The molecule has 0 radical (unpaired) electrons. The minimum atomic E-state index is -2.89. The lowest BCUT2D eigenvalue weighted by Crippen LogP contribution is -2.23. The number of aryl methyl sites for hydroxylation is 2. The fourth-order valence-electron chi connectivity index (χ4n) is 2.83. The predicted molar refractivity (Wildman–Crippen MR) is 114 cm³/mol. The van der Waals surface area contributed by atoms with Crippen LogP contribution < -0.4 is 10.1 Å².